The van der Waals surface area contributed by atoms with Crippen LogP contribution in [0.4, 0.5) is 15.9 Å². The number of hydrogen-bond acceptors (Lipinski definition) is 4. The standard InChI is InChI=1S/C17H21FN4O2S/c1-11(2)22-15(8-9-19-22)21-17(24)12(3)25-10-16(23)20-14-6-4-13(18)5-7-14/h4-9,11-12H,10H2,1-3H3,(H,20,23)(H,21,24). The summed E-state index contributed by atoms with van der Waals surface area (Å²) in [6, 6.07) is 7.39. The molecule has 0 bridgehead atoms. The van der Waals surface area contributed by atoms with Gasteiger partial charge in [0.25, 0.3) is 0 Å². The number of benzene rings is 1. The number of rotatable bonds is 7. The van der Waals surface area contributed by atoms with Gasteiger partial charge >= 0.3 is 0 Å². The fraction of sp³-hybridized carbons (Fsp3) is 0.353. The van der Waals surface area contributed by atoms with Crippen LogP contribution in [0.25, 0.3) is 0 Å². The van der Waals surface area contributed by atoms with E-state index in [0.717, 1.165) is 0 Å². The second-order valence-corrected chi connectivity index (χ2v) is 7.08. The molecule has 0 spiro atoms. The van der Waals surface area contributed by atoms with Crippen LogP contribution in [0.2, 0.25) is 0 Å². The number of nitrogens with one attached hydrogen (secondary N) is 2. The Hall–Kier alpha value is -2.35. The molecule has 0 fully saturated rings. The molecule has 2 rings (SSSR count). The van der Waals surface area contributed by atoms with Gasteiger partial charge in [0, 0.05) is 17.8 Å². The summed E-state index contributed by atoms with van der Waals surface area (Å²) in [7, 11) is 0. The second-order valence-electron chi connectivity index (χ2n) is 5.75. The minimum atomic E-state index is -0.408. The molecule has 134 valence electrons. The van der Waals surface area contributed by atoms with Gasteiger partial charge in [0.05, 0.1) is 17.2 Å². The third-order valence-corrected chi connectivity index (χ3v) is 4.52. The van der Waals surface area contributed by atoms with Crippen molar-refractivity contribution in [1.82, 2.24) is 9.78 Å². The molecule has 0 radical (unpaired) electrons. The van der Waals surface area contributed by atoms with Crippen LogP contribution < -0.4 is 10.6 Å². The van der Waals surface area contributed by atoms with Gasteiger partial charge in [-0.15, -0.1) is 11.8 Å². The lowest BCUT2D eigenvalue weighted by molar-refractivity contribution is -0.115. The van der Waals surface area contributed by atoms with Gasteiger partial charge in [-0.05, 0) is 45.0 Å². The Morgan fingerprint density at radius 2 is 1.84 bits per heavy atom. The Balaban J connectivity index is 1.81. The molecule has 0 saturated heterocycles. The van der Waals surface area contributed by atoms with E-state index < -0.39 is 5.25 Å². The van der Waals surface area contributed by atoms with Crippen molar-refractivity contribution in [2.45, 2.75) is 32.1 Å². The van der Waals surface area contributed by atoms with E-state index in [1.165, 1.54) is 36.0 Å². The zero-order valence-corrected chi connectivity index (χ0v) is 15.1. The van der Waals surface area contributed by atoms with Crippen LogP contribution >= 0.6 is 11.8 Å². The third kappa shape index (κ3) is 5.60. The number of carbonyl (C=O) groups is 2. The normalized spacial score (nSPS) is 12.0. The summed E-state index contributed by atoms with van der Waals surface area (Å²) in [5.74, 6) is -0.0536. The zero-order chi connectivity index (χ0) is 18.4. The van der Waals surface area contributed by atoms with E-state index in [0.29, 0.717) is 11.5 Å². The van der Waals surface area contributed by atoms with Crippen molar-refractivity contribution >= 4 is 35.1 Å². The number of aromatic nitrogens is 2. The van der Waals surface area contributed by atoms with Crippen LogP contribution in [0.5, 0.6) is 0 Å². The number of nitrogens with zero attached hydrogens (tertiary/aromatic N) is 2. The average molecular weight is 364 g/mol. The summed E-state index contributed by atoms with van der Waals surface area (Å²) in [6.45, 7) is 5.68. The van der Waals surface area contributed by atoms with Gasteiger partial charge in [0.1, 0.15) is 11.6 Å². The molecule has 6 nitrogen and oxygen atoms in total. The summed E-state index contributed by atoms with van der Waals surface area (Å²) >= 11 is 1.22. The Morgan fingerprint density at radius 1 is 1.16 bits per heavy atom. The molecule has 1 aromatic heterocycles. The van der Waals surface area contributed by atoms with Gasteiger partial charge in [-0.25, -0.2) is 9.07 Å². The summed E-state index contributed by atoms with van der Waals surface area (Å²) in [4.78, 5) is 24.2. The lowest BCUT2D eigenvalue weighted by atomic mass is 10.3. The maximum atomic E-state index is 12.8. The molecule has 2 aromatic rings. The highest BCUT2D eigenvalue weighted by atomic mass is 32.2. The van der Waals surface area contributed by atoms with E-state index >= 15 is 0 Å². The molecule has 0 aliphatic rings. The van der Waals surface area contributed by atoms with Crippen molar-refractivity contribution in [1.29, 1.82) is 0 Å². The first-order chi connectivity index (χ1) is 11.9. The molecule has 1 heterocycles. The highest BCUT2D eigenvalue weighted by Gasteiger charge is 2.17. The van der Waals surface area contributed by atoms with Crippen molar-refractivity contribution in [3.63, 3.8) is 0 Å². The molecular weight excluding hydrogens is 343 g/mol. The molecule has 2 N–H and O–H groups in total. The van der Waals surface area contributed by atoms with Crippen molar-refractivity contribution in [2.75, 3.05) is 16.4 Å². The number of anilines is 2. The predicted molar refractivity (Wildman–Crippen MR) is 98.2 cm³/mol. The zero-order valence-electron chi connectivity index (χ0n) is 14.3. The lowest BCUT2D eigenvalue weighted by Gasteiger charge is -2.15. The number of carbonyl (C=O) groups excluding carboxylic acids is 2. The minimum absolute atomic E-state index is 0.120. The van der Waals surface area contributed by atoms with E-state index in [1.807, 2.05) is 13.8 Å². The third-order valence-electron chi connectivity index (χ3n) is 3.37. The molecule has 8 heteroatoms. The van der Waals surface area contributed by atoms with Gasteiger partial charge in [-0.3, -0.25) is 9.59 Å². The van der Waals surface area contributed by atoms with Crippen LogP contribution in [0.15, 0.2) is 36.5 Å². The monoisotopic (exact) mass is 364 g/mol. The van der Waals surface area contributed by atoms with Crippen LogP contribution in [-0.4, -0.2) is 32.6 Å². The van der Waals surface area contributed by atoms with E-state index in [9.17, 15) is 14.0 Å². The smallest absolute Gasteiger partial charge is 0.238 e. The van der Waals surface area contributed by atoms with E-state index in [1.54, 1.807) is 23.9 Å². The first kappa shape index (κ1) is 19.0. The summed E-state index contributed by atoms with van der Waals surface area (Å²) in [5, 5.41) is 9.23. The van der Waals surface area contributed by atoms with E-state index in [4.69, 9.17) is 0 Å². The van der Waals surface area contributed by atoms with Crippen molar-refractivity contribution in [2.24, 2.45) is 0 Å². The largest absolute Gasteiger partial charge is 0.325 e. The number of amides is 2. The van der Waals surface area contributed by atoms with Crippen molar-refractivity contribution in [3.8, 4) is 0 Å². The van der Waals surface area contributed by atoms with Crippen LogP contribution in [-0.2, 0) is 9.59 Å². The molecule has 0 aliphatic heterocycles. The highest BCUT2D eigenvalue weighted by molar-refractivity contribution is 8.01. The fourth-order valence-corrected chi connectivity index (χ4v) is 2.74. The van der Waals surface area contributed by atoms with Gasteiger partial charge < -0.3 is 10.6 Å². The van der Waals surface area contributed by atoms with Crippen LogP contribution in [0, 0.1) is 5.82 Å². The minimum Gasteiger partial charge on any atom is -0.325 e. The Kier molecular flexibility index (Phi) is 6.58. The highest BCUT2D eigenvalue weighted by Crippen LogP contribution is 2.17. The molecule has 2 amide bonds. The topological polar surface area (TPSA) is 76.0 Å². The molecule has 1 atom stereocenters. The summed E-state index contributed by atoms with van der Waals surface area (Å²) in [5.41, 5.74) is 0.518. The first-order valence-electron chi connectivity index (χ1n) is 7.88. The molecule has 1 aromatic carbocycles. The van der Waals surface area contributed by atoms with Gasteiger partial charge in [0.2, 0.25) is 11.8 Å². The molecule has 25 heavy (non-hydrogen) atoms. The number of hydrogen-bond donors (Lipinski definition) is 2. The van der Waals surface area contributed by atoms with Crippen molar-refractivity contribution in [3.05, 3.63) is 42.3 Å². The maximum Gasteiger partial charge on any atom is 0.238 e. The SMILES string of the molecule is CC(SCC(=O)Nc1ccc(F)cc1)C(=O)Nc1ccnn1C(C)C. The van der Waals surface area contributed by atoms with Crippen LogP contribution in [0.3, 0.4) is 0 Å². The first-order valence-corrected chi connectivity index (χ1v) is 8.93. The lowest BCUT2D eigenvalue weighted by Crippen LogP contribution is -2.26. The molecular formula is C17H21FN4O2S. The maximum absolute atomic E-state index is 12.8. The summed E-state index contributed by atoms with van der Waals surface area (Å²) in [6.07, 6.45) is 1.63. The predicted octanol–water partition coefficient (Wildman–Crippen LogP) is 3.30. The Labute approximate surface area is 150 Å². The van der Waals surface area contributed by atoms with E-state index in [-0.39, 0.29) is 29.4 Å². The molecule has 1 unspecified atom stereocenters. The van der Waals surface area contributed by atoms with Crippen LogP contribution in [0.1, 0.15) is 26.8 Å². The van der Waals surface area contributed by atoms with Crippen molar-refractivity contribution < 1.29 is 14.0 Å². The summed E-state index contributed by atoms with van der Waals surface area (Å²) < 4.78 is 14.6. The molecule has 0 aliphatic carbocycles. The second kappa shape index (κ2) is 8.66. The number of halogens is 1. The van der Waals surface area contributed by atoms with E-state index in [2.05, 4.69) is 15.7 Å². The molecule has 0 saturated carbocycles. The average Bonchev–Trinajstić information content (AvgIpc) is 3.03. The van der Waals surface area contributed by atoms with Gasteiger partial charge in [-0.1, -0.05) is 0 Å². The Morgan fingerprint density at radius 3 is 2.48 bits per heavy atom. The van der Waals surface area contributed by atoms with Gasteiger partial charge in [0.15, 0.2) is 0 Å². The Bertz CT molecular complexity index is 731. The quantitative estimate of drug-likeness (QED) is 0.790. The number of thioether (sulfide) groups is 1. The van der Waals surface area contributed by atoms with Gasteiger partial charge in [-0.2, -0.15) is 5.10 Å². The fourth-order valence-electron chi connectivity index (χ4n) is 2.06.